The topological polar surface area (TPSA) is 44.7 Å². The van der Waals surface area contributed by atoms with Gasteiger partial charge in [-0.05, 0) is 36.5 Å². The molecular formula is C23H30N2O2. The molecule has 144 valence electrons. The second-order valence-electron chi connectivity index (χ2n) is 7.84. The zero-order valence-electron chi connectivity index (χ0n) is 15.9. The Morgan fingerprint density at radius 2 is 1.85 bits per heavy atom. The van der Waals surface area contributed by atoms with Crippen LogP contribution in [0.15, 0.2) is 48.5 Å². The lowest BCUT2D eigenvalue weighted by atomic mass is 9.93. The third-order valence-corrected chi connectivity index (χ3v) is 5.77. The molecule has 2 aromatic carbocycles. The third-order valence-electron chi connectivity index (χ3n) is 5.77. The molecule has 2 aromatic rings. The number of ether oxygens (including phenoxy) is 1. The summed E-state index contributed by atoms with van der Waals surface area (Å²) >= 11 is 0. The number of fused-ring (bicyclic) bond motifs is 1. The van der Waals surface area contributed by atoms with Crippen LogP contribution in [0.5, 0.6) is 5.75 Å². The molecule has 4 rings (SSSR count). The summed E-state index contributed by atoms with van der Waals surface area (Å²) in [5.74, 6) is 0.882. The second kappa shape index (κ2) is 8.87. The molecule has 2 aliphatic rings. The smallest absolute Gasteiger partial charge is 0.123 e. The van der Waals surface area contributed by atoms with Gasteiger partial charge in [0.15, 0.2) is 0 Å². The summed E-state index contributed by atoms with van der Waals surface area (Å²) in [7, 11) is 0. The second-order valence-corrected chi connectivity index (χ2v) is 7.84. The first-order valence-electron chi connectivity index (χ1n) is 10.2. The highest BCUT2D eigenvalue weighted by Crippen LogP contribution is 2.22. The van der Waals surface area contributed by atoms with Gasteiger partial charge in [0, 0.05) is 37.8 Å². The molecule has 0 bridgehead atoms. The standard InChI is InChI=1S/C23H30N2O2/c26-22(16-25-13-12-18-6-1-2-8-20(18)15-25)17-27-23-11-4-3-7-19(23)14-24-21-9-5-10-21/h1-4,6-8,11,21-22,24,26H,5,9-10,12-17H2/t22-/m0/s1. The average molecular weight is 367 g/mol. The molecule has 1 fully saturated rings. The molecular weight excluding hydrogens is 336 g/mol. The predicted molar refractivity (Wildman–Crippen MR) is 108 cm³/mol. The number of para-hydroxylation sites is 1. The number of nitrogens with one attached hydrogen (secondary N) is 1. The Balaban J connectivity index is 1.26. The van der Waals surface area contributed by atoms with E-state index in [4.69, 9.17) is 4.74 Å². The van der Waals surface area contributed by atoms with Crippen LogP contribution in [-0.2, 0) is 19.5 Å². The zero-order valence-corrected chi connectivity index (χ0v) is 15.9. The van der Waals surface area contributed by atoms with Crippen molar-refractivity contribution in [3.05, 3.63) is 65.2 Å². The predicted octanol–water partition coefficient (Wildman–Crippen LogP) is 3.13. The van der Waals surface area contributed by atoms with Gasteiger partial charge in [-0.1, -0.05) is 48.9 Å². The van der Waals surface area contributed by atoms with Gasteiger partial charge in [-0.25, -0.2) is 0 Å². The van der Waals surface area contributed by atoms with E-state index in [1.165, 1.54) is 36.0 Å². The third kappa shape index (κ3) is 4.89. The molecule has 0 aromatic heterocycles. The molecule has 0 unspecified atom stereocenters. The van der Waals surface area contributed by atoms with Crippen LogP contribution in [0, 0.1) is 0 Å². The van der Waals surface area contributed by atoms with Crippen LogP contribution >= 0.6 is 0 Å². The normalized spacial score (nSPS) is 18.6. The van der Waals surface area contributed by atoms with Crippen LogP contribution in [0.1, 0.15) is 36.0 Å². The Bertz CT molecular complexity index is 745. The van der Waals surface area contributed by atoms with E-state index in [9.17, 15) is 5.11 Å². The van der Waals surface area contributed by atoms with Crippen LogP contribution in [-0.4, -0.2) is 41.8 Å². The van der Waals surface area contributed by atoms with E-state index in [0.29, 0.717) is 19.2 Å². The molecule has 1 heterocycles. The fourth-order valence-electron chi connectivity index (χ4n) is 3.90. The summed E-state index contributed by atoms with van der Waals surface area (Å²) in [5.41, 5.74) is 3.99. The number of aliphatic hydroxyl groups excluding tert-OH is 1. The monoisotopic (exact) mass is 366 g/mol. The minimum absolute atomic E-state index is 0.332. The quantitative estimate of drug-likeness (QED) is 0.753. The van der Waals surface area contributed by atoms with Crippen LogP contribution in [0.2, 0.25) is 0 Å². The van der Waals surface area contributed by atoms with Crippen molar-refractivity contribution >= 4 is 0 Å². The number of aliphatic hydroxyl groups is 1. The first kappa shape index (κ1) is 18.5. The van der Waals surface area contributed by atoms with Crippen molar-refractivity contribution in [2.24, 2.45) is 0 Å². The first-order valence-corrected chi connectivity index (χ1v) is 10.2. The summed E-state index contributed by atoms with van der Waals surface area (Å²) in [5, 5.41) is 14.1. The van der Waals surface area contributed by atoms with Crippen LogP contribution in [0.4, 0.5) is 0 Å². The lowest BCUT2D eigenvalue weighted by Crippen LogP contribution is -2.39. The fourth-order valence-corrected chi connectivity index (χ4v) is 3.90. The van der Waals surface area contributed by atoms with Crippen LogP contribution in [0.25, 0.3) is 0 Å². The van der Waals surface area contributed by atoms with E-state index in [0.717, 1.165) is 31.8 Å². The largest absolute Gasteiger partial charge is 0.491 e. The molecule has 4 nitrogen and oxygen atoms in total. The highest BCUT2D eigenvalue weighted by atomic mass is 16.5. The number of β-amino-alcohol motifs (C(OH)–C–C–N with tert-alkyl or cyclic N) is 1. The van der Waals surface area contributed by atoms with Gasteiger partial charge in [-0.15, -0.1) is 0 Å². The number of hydrogen-bond acceptors (Lipinski definition) is 4. The molecule has 1 aliphatic carbocycles. The minimum atomic E-state index is -0.483. The van der Waals surface area contributed by atoms with Crippen molar-refractivity contribution in [1.82, 2.24) is 10.2 Å². The number of nitrogens with zero attached hydrogens (tertiary/aromatic N) is 1. The number of benzene rings is 2. The van der Waals surface area contributed by atoms with Gasteiger partial charge in [-0.3, -0.25) is 4.90 Å². The maximum absolute atomic E-state index is 10.5. The zero-order chi connectivity index (χ0) is 18.5. The molecule has 2 N–H and O–H groups in total. The van der Waals surface area contributed by atoms with Crippen LogP contribution < -0.4 is 10.1 Å². The van der Waals surface area contributed by atoms with E-state index >= 15 is 0 Å². The fraction of sp³-hybridized carbons (Fsp3) is 0.478. The summed E-state index contributed by atoms with van der Waals surface area (Å²) in [4.78, 5) is 2.32. The summed E-state index contributed by atoms with van der Waals surface area (Å²) < 4.78 is 5.98. The lowest BCUT2D eigenvalue weighted by molar-refractivity contribution is 0.0634. The van der Waals surface area contributed by atoms with Gasteiger partial charge in [0.1, 0.15) is 18.5 Å². The molecule has 0 saturated heterocycles. The van der Waals surface area contributed by atoms with E-state index in [1.807, 2.05) is 18.2 Å². The van der Waals surface area contributed by atoms with Crippen molar-refractivity contribution < 1.29 is 9.84 Å². The summed E-state index contributed by atoms with van der Waals surface area (Å²) in [6.07, 6.45) is 4.46. The highest BCUT2D eigenvalue weighted by molar-refractivity contribution is 5.33. The van der Waals surface area contributed by atoms with Crippen molar-refractivity contribution in [3.8, 4) is 5.75 Å². The first-order chi connectivity index (χ1) is 13.3. The Kier molecular flexibility index (Phi) is 6.07. The Morgan fingerprint density at radius 1 is 1.07 bits per heavy atom. The Morgan fingerprint density at radius 3 is 2.67 bits per heavy atom. The maximum atomic E-state index is 10.5. The van der Waals surface area contributed by atoms with Gasteiger partial charge in [-0.2, -0.15) is 0 Å². The molecule has 0 spiro atoms. The molecule has 0 radical (unpaired) electrons. The SMILES string of the molecule is O[C@H](COc1ccccc1CNC1CCC1)CN1CCc2ccccc2C1. The molecule has 0 amide bonds. The van der Waals surface area contributed by atoms with Crippen LogP contribution in [0.3, 0.4) is 0 Å². The molecule has 1 aliphatic heterocycles. The van der Waals surface area contributed by atoms with Crippen molar-refractivity contribution in [2.45, 2.75) is 50.9 Å². The van der Waals surface area contributed by atoms with Crippen molar-refractivity contribution in [3.63, 3.8) is 0 Å². The van der Waals surface area contributed by atoms with Gasteiger partial charge < -0.3 is 15.2 Å². The number of rotatable bonds is 8. The van der Waals surface area contributed by atoms with E-state index in [1.54, 1.807) is 0 Å². The number of hydrogen-bond donors (Lipinski definition) is 2. The van der Waals surface area contributed by atoms with E-state index in [2.05, 4.69) is 40.5 Å². The van der Waals surface area contributed by atoms with E-state index < -0.39 is 6.10 Å². The minimum Gasteiger partial charge on any atom is -0.491 e. The molecule has 1 atom stereocenters. The van der Waals surface area contributed by atoms with Gasteiger partial charge in [0.25, 0.3) is 0 Å². The maximum Gasteiger partial charge on any atom is 0.123 e. The van der Waals surface area contributed by atoms with Crippen molar-refractivity contribution in [1.29, 1.82) is 0 Å². The lowest BCUT2D eigenvalue weighted by Gasteiger charge is -2.30. The van der Waals surface area contributed by atoms with Crippen molar-refractivity contribution in [2.75, 3.05) is 19.7 Å². The molecule has 4 heteroatoms. The van der Waals surface area contributed by atoms with E-state index in [-0.39, 0.29) is 0 Å². The summed E-state index contributed by atoms with van der Waals surface area (Å²) in [6.45, 7) is 3.72. The Labute approximate surface area is 162 Å². The van der Waals surface area contributed by atoms with Gasteiger partial charge >= 0.3 is 0 Å². The molecule has 1 saturated carbocycles. The van der Waals surface area contributed by atoms with Gasteiger partial charge in [0.2, 0.25) is 0 Å². The Hall–Kier alpha value is -1.88. The summed E-state index contributed by atoms with van der Waals surface area (Å²) in [6, 6.07) is 17.4. The average Bonchev–Trinajstić information content (AvgIpc) is 2.66. The highest BCUT2D eigenvalue weighted by Gasteiger charge is 2.19. The van der Waals surface area contributed by atoms with Gasteiger partial charge in [0.05, 0.1) is 0 Å². The molecule has 27 heavy (non-hydrogen) atoms.